The first kappa shape index (κ1) is 21.3. The van der Waals surface area contributed by atoms with Crippen LogP contribution in [0.15, 0.2) is 51.9 Å². The standard InChI is InChI=1S/C20H14BrN3O5S2/c1-2-29-18(25)10-23-14-5-3-12(21)9-16(14)31-20(23)22-19(26)17-8-11-7-13(24(27)28)4-6-15(11)30-17/h3-9H,2,10H2,1H3. The SMILES string of the molecule is CCOC(=O)Cn1c(=NC(=O)c2cc3cc([N+](=O)[O-])ccc3s2)sc2cc(Br)ccc21. The van der Waals surface area contributed by atoms with Crippen molar-refractivity contribution in [3.05, 3.63) is 66.7 Å². The number of thiophene rings is 1. The number of amides is 1. The van der Waals surface area contributed by atoms with Crippen LogP contribution < -0.4 is 4.80 Å². The first-order valence-electron chi connectivity index (χ1n) is 9.07. The molecule has 0 N–H and O–H groups in total. The van der Waals surface area contributed by atoms with E-state index in [1.165, 1.54) is 34.8 Å². The zero-order chi connectivity index (χ0) is 22.1. The summed E-state index contributed by atoms with van der Waals surface area (Å²) in [5, 5.41) is 11.6. The number of nitrogens with zero attached hydrogens (tertiary/aromatic N) is 3. The van der Waals surface area contributed by atoms with Crippen LogP contribution in [0.5, 0.6) is 0 Å². The minimum atomic E-state index is -0.480. The van der Waals surface area contributed by atoms with E-state index in [-0.39, 0.29) is 18.8 Å². The third-order valence-corrected chi connectivity index (χ3v) is 6.99. The number of carbonyl (C=O) groups is 2. The van der Waals surface area contributed by atoms with E-state index >= 15 is 0 Å². The van der Waals surface area contributed by atoms with Crippen molar-refractivity contribution in [1.29, 1.82) is 0 Å². The molecule has 0 saturated carbocycles. The molecule has 0 radical (unpaired) electrons. The van der Waals surface area contributed by atoms with Gasteiger partial charge in [0.2, 0.25) is 0 Å². The topological polar surface area (TPSA) is 104 Å². The maximum atomic E-state index is 12.9. The molecule has 2 heterocycles. The third-order valence-electron chi connectivity index (χ3n) is 4.36. The molecular formula is C20H14BrN3O5S2. The zero-order valence-corrected chi connectivity index (χ0v) is 19.3. The van der Waals surface area contributed by atoms with Gasteiger partial charge in [0, 0.05) is 26.7 Å². The second kappa shape index (κ2) is 8.69. The van der Waals surface area contributed by atoms with Gasteiger partial charge in [-0.2, -0.15) is 4.99 Å². The lowest BCUT2D eigenvalue weighted by Crippen LogP contribution is -2.23. The highest BCUT2D eigenvalue weighted by molar-refractivity contribution is 9.10. The van der Waals surface area contributed by atoms with Crippen molar-refractivity contribution in [2.24, 2.45) is 4.99 Å². The van der Waals surface area contributed by atoms with Crippen molar-refractivity contribution >= 4 is 76.5 Å². The minimum absolute atomic E-state index is 0.0383. The Morgan fingerprint density at radius 3 is 2.71 bits per heavy atom. The molecule has 11 heteroatoms. The molecule has 0 fully saturated rings. The van der Waals surface area contributed by atoms with E-state index in [1.54, 1.807) is 23.6 Å². The predicted octanol–water partition coefficient (Wildman–Crippen LogP) is 4.89. The number of aromatic nitrogens is 1. The summed E-state index contributed by atoms with van der Waals surface area (Å²) in [4.78, 5) is 40.5. The van der Waals surface area contributed by atoms with Gasteiger partial charge in [0.05, 0.1) is 26.6 Å². The maximum Gasteiger partial charge on any atom is 0.326 e. The molecule has 0 spiro atoms. The molecule has 4 aromatic rings. The average Bonchev–Trinajstić information content (AvgIpc) is 3.29. The fraction of sp³-hybridized carbons (Fsp3) is 0.150. The number of rotatable bonds is 5. The van der Waals surface area contributed by atoms with Crippen molar-refractivity contribution in [3.63, 3.8) is 0 Å². The quantitative estimate of drug-likeness (QED) is 0.212. The summed E-state index contributed by atoms with van der Waals surface area (Å²) in [6.07, 6.45) is 0. The van der Waals surface area contributed by atoms with Crippen LogP contribution in [0, 0.1) is 10.1 Å². The van der Waals surface area contributed by atoms with Crippen LogP contribution in [0.1, 0.15) is 16.6 Å². The maximum absolute atomic E-state index is 12.9. The summed E-state index contributed by atoms with van der Waals surface area (Å²) in [6, 6.07) is 11.6. The summed E-state index contributed by atoms with van der Waals surface area (Å²) >= 11 is 5.93. The Labute approximate surface area is 191 Å². The van der Waals surface area contributed by atoms with E-state index in [9.17, 15) is 19.7 Å². The van der Waals surface area contributed by atoms with Crippen molar-refractivity contribution < 1.29 is 19.2 Å². The van der Waals surface area contributed by atoms with Crippen LogP contribution in [0.3, 0.4) is 0 Å². The Hall–Kier alpha value is -2.89. The largest absolute Gasteiger partial charge is 0.465 e. The van der Waals surface area contributed by atoms with Crippen molar-refractivity contribution in [2.45, 2.75) is 13.5 Å². The molecule has 31 heavy (non-hydrogen) atoms. The fourth-order valence-electron chi connectivity index (χ4n) is 3.01. The Balaban J connectivity index is 1.79. The molecule has 0 unspecified atom stereocenters. The Bertz CT molecular complexity index is 1420. The smallest absolute Gasteiger partial charge is 0.326 e. The van der Waals surface area contributed by atoms with Gasteiger partial charge in [0.15, 0.2) is 4.80 Å². The highest BCUT2D eigenvalue weighted by atomic mass is 79.9. The van der Waals surface area contributed by atoms with E-state index in [0.717, 1.165) is 19.4 Å². The van der Waals surface area contributed by atoms with Crippen molar-refractivity contribution in [1.82, 2.24) is 4.57 Å². The number of hydrogen-bond donors (Lipinski definition) is 0. The van der Waals surface area contributed by atoms with Gasteiger partial charge in [0.1, 0.15) is 6.54 Å². The van der Waals surface area contributed by atoms with Crippen LogP contribution >= 0.6 is 38.6 Å². The molecule has 2 aromatic heterocycles. The Morgan fingerprint density at radius 1 is 1.16 bits per heavy atom. The lowest BCUT2D eigenvalue weighted by molar-refractivity contribution is -0.384. The summed E-state index contributed by atoms with van der Waals surface area (Å²) in [5.41, 5.74) is 0.725. The number of carbonyl (C=O) groups excluding carboxylic acids is 2. The summed E-state index contributed by atoms with van der Waals surface area (Å²) in [5.74, 6) is -0.903. The van der Waals surface area contributed by atoms with Crippen LogP contribution in [-0.2, 0) is 16.1 Å². The number of fused-ring (bicyclic) bond motifs is 2. The zero-order valence-electron chi connectivity index (χ0n) is 16.0. The molecule has 0 aliphatic carbocycles. The number of hydrogen-bond acceptors (Lipinski definition) is 7. The van der Waals surface area contributed by atoms with Crippen LogP contribution in [0.2, 0.25) is 0 Å². The van der Waals surface area contributed by atoms with E-state index in [2.05, 4.69) is 20.9 Å². The molecule has 158 valence electrons. The molecule has 4 rings (SSSR count). The van der Waals surface area contributed by atoms with Gasteiger partial charge in [0.25, 0.3) is 11.6 Å². The molecule has 0 atom stereocenters. The lowest BCUT2D eigenvalue weighted by Gasteiger charge is -2.05. The number of benzene rings is 2. The van der Waals surface area contributed by atoms with Gasteiger partial charge >= 0.3 is 5.97 Å². The average molecular weight is 520 g/mol. The van der Waals surface area contributed by atoms with Gasteiger partial charge in [-0.25, -0.2) is 0 Å². The van der Waals surface area contributed by atoms with Crippen LogP contribution in [0.4, 0.5) is 5.69 Å². The van der Waals surface area contributed by atoms with E-state index < -0.39 is 16.8 Å². The number of nitro benzene ring substituents is 1. The highest BCUT2D eigenvalue weighted by Crippen LogP contribution is 2.29. The van der Waals surface area contributed by atoms with E-state index in [4.69, 9.17) is 4.74 Å². The van der Waals surface area contributed by atoms with Crippen LogP contribution in [-0.4, -0.2) is 28.0 Å². The third kappa shape index (κ3) is 4.43. The van der Waals surface area contributed by atoms with E-state index in [0.29, 0.717) is 15.1 Å². The molecule has 2 aromatic carbocycles. The Morgan fingerprint density at radius 2 is 1.97 bits per heavy atom. The predicted molar refractivity (Wildman–Crippen MR) is 123 cm³/mol. The van der Waals surface area contributed by atoms with Gasteiger partial charge in [-0.05, 0) is 37.3 Å². The van der Waals surface area contributed by atoms with Gasteiger partial charge in [-0.1, -0.05) is 27.3 Å². The van der Waals surface area contributed by atoms with E-state index in [1.807, 2.05) is 18.2 Å². The second-order valence-corrected chi connectivity index (χ2v) is 9.40. The minimum Gasteiger partial charge on any atom is -0.465 e. The molecule has 0 saturated heterocycles. The number of ether oxygens (including phenoxy) is 1. The Kier molecular flexibility index (Phi) is 5.99. The highest BCUT2D eigenvalue weighted by Gasteiger charge is 2.16. The molecule has 1 amide bonds. The van der Waals surface area contributed by atoms with Gasteiger partial charge < -0.3 is 9.30 Å². The van der Waals surface area contributed by atoms with Crippen molar-refractivity contribution in [2.75, 3.05) is 6.61 Å². The molecule has 8 nitrogen and oxygen atoms in total. The molecule has 0 aliphatic rings. The normalized spacial score (nSPS) is 11.9. The number of esters is 1. The first-order chi connectivity index (χ1) is 14.9. The molecule has 0 aliphatic heterocycles. The van der Waals surface area contributed by atoms with Gasteiger partial charge in [-0.3, -0.25) is 19.7 Å². The van der Waals surface area contributed by atoms with Crippen molar-refractivity contribution in [3.8, 4) is 0 Å². The summed E-state index contributed by atoms with van der Waals surface area (Å²) in [6.45, 7) is 1.92. The van der Waals surface area contributed by atoms with Crippen LogP contribution in [0.25, 0.3) is 20.3 Å². The number of non-ortho nitro benzene ring substituents is 1. The lowest BCUT2D eigenvalue weighted by atomic mass is 10.2. The fourth-order valence-corrected chi connectivity index (χ4v) is 5.52. The first-order valence-corrected chi connectivity index (χ1v) is 11.5. The number of nitro groups is 1. The van der Waals surface area contributed by atoms with Gasteiger partial charge in [-0.15, -0.1) is 11.3 Å². The summed E-state index contributed by atoms with van der Waals surface area (Å²) < 4.78 is 9.19. The number of halogens is 1. The molecule has 0 bridgehead atoms. The second-order valence-electron chi connectivity index (χ2n) is 6.39. The number of thiazole rings is 1. The summed E-state index contributed by atoms with van der Waals surface area (Å²) in [7, 11) is 0. The molecular weight excluding hydrogens is 506 g/mol. The monoisotopic (exact) mass is 519 g/mol.